The molecule has 0 unspecified atom stereocenters. The Morgan fingerprint density at radius 2 is 1.64 bits per heavy atom. The van der Waals surface area contributed by atoms with E-state index >= 15 is 0 Å². The van der Waals surface area contributed by atoms with E-state index in [1.165, 1.54) is 12.1 Å². The smallest absolute Gasteiger partial charge is 0.233 e. The third-order valence-corrected chi connectivity index (χ3v) is 5.62. The van der Waals surface area contributed by atoms with E-state index in [1.54, 1.807) is 6.07 Å². The molecule has 5 heteroatoms. The topological polar surface area (TPSA) is 40.6 Å². The summed E-state index contributed by atoms with van der Waals surface area (Å²) in [6, 6.07) is 6.51. The van der Waals surface area contributed by atoms with Gasteiger partial charge in [-0.15, -0.1) is 0 Å². The van der Waals surface area contributed by atoms with Gasteiger partial charge in [0.05, 0.1) is 5.41 Å². The van der Waals surface area contributed by atoms with Gasteiger partial charge in [-0.2, -0.15) is 0 Å². The first kappa shape index (κ1) is 17.9. The van der Waals surface area contributed by atoms with Gasteiger partial charge in [-0.1, -0.05) is 38.8 Å². The van der Waals surface area contributed by atoms with E-state index in [0.29, 0.717) is 26.2 Å². The Bertz CT molecular complexity index is 645. The third-order valence-electron chi connectivity index (χ3n) is 5.62. The molecule has 0 radical (unpaired) electrons. The van der Waals surface area contributed by atoms with Crippen molar-refractivity contribution in [3.8, 4) is 0 Å². The summed E-state index contributed by atoms with van der Waals surface area (Å²) in [6.45, 7) is 6.10. The van der Waals surface area contributed by atoms with E-state index in [1.807, 2.05) is 29.7 Å². The lowest BCUT2D eigenvalue weighted by molar-refractivity contribution is -0.144. The summed E-state index contributed by atoms with van der Waals surface area (Å²) in [5.41, 5.74) is 0.211. The largest absolute Gasteiger partial charge is 0.339 e. The molecule has 2 aliphatic rings. The molecule has 1 aliphatic heterocycles. The highest BCUT2D eigenvalue weighted by Gasteiger charge is 2.45. The standard InChI is InChI=1S/C20H27FN2O2/c1-15(2)18(24)22-10-12-23(13-11-22)19(25)20(8-3-4-9-20)16-6-5-7-17(21)14-16/h5-7,14-15H,3-4,8-13H2,1-2H3. The van der Waals surface area contributed by atoms with Gasteiger partial charge in [0.15, 0.2) is 0 Å². The Balaban J connectivity index is 1.76. The van der Waals surface area contributed by atoms with Gasteiger partial charge < -0.3 is 9.80 Å². The molecular weight excluding hydrogens is 319 g/mol. The molecule has 3 rings (SSSR count). The second kappa shape index (κ2) is 7.14. The molecular formula is C20H27FN2O2. The van der Waals surface area contributed by atoms with Crippen LogP contribution < -0.4 is 0 Å². The second-order valence-corrected chi connectivity index (χ2v) is 7.57. The summed E-state index contributed by atoms with van der Waals surface area (Å²) in [4.78, 5) is 29.2. The maximum atomic E-state index is 13.7. The molecule has 1 aromatic carbocycles. The van der Waals surface area contributed by atoms with Gasteiger partial charge in [0.1, 0.15) is 5.82 Å². The number of carbonyl (C=O) groups is 2. The Hall–Kier alpha value is -1.91. The molecule has 4 nitrogen and oxygen atoms in total. The summed E-state index contributed by atoms with van der Waals surface area (Å²) >= 11 is 0. The highest BCUT2D eigenvalue weighted by molar-refractivity contribution is 5.89. The van der Waals surface area contributed by atoms with Crippen molar-refractivity contribution in [1.29, 1.82) is 0 Å². The summed E-state index contributed by atoms with van der Waals surface area (Å²) < 4.78 is 13.7. The monoisotopic (exact) mass is 346 g/mol. The van der Waals surface area contributed by atoms with E-state index < -0.39 is 5.41 Å². The predicted molar refractivity (Wildman–Crippen MR) is 94.5 cm³/mol. The molecule has 0 spiro atoms. The first-order valence-electron chi connectivity index (χ1n) is 9.28. The lowest BCUT2D eigenvalue weighted by atomic mass is 9.77. The molecule has 1 aliphatic carbocycles. The van der Waals surface area contributed by atoms with Crippen LogP contribution in [0.25, 0.3) is 0 Å². The number of amides is 2. The lowest BCUT2D eigenvalue weighted by Gasteiger charge is -2.40. The fourth-order valence-corrected chi connectivity index (χ4v) is 4.19. The number of hydrogen-bond acceptors (Lipinski definition) is 2. The highest BCUT2D eigenvalue weighted by Crippen LogP contribution is 2.43. The zero-order valence-electron chi connectivity index (χ0n) is 15.1. The van der Waals surface area contributed by atoms with Crippen LogP contribution in [0.1, 0.15) is 45.1 Å². The molecule has 1 heterocycles. The molecule has 0 N–H and O–H groups in total. The molecule has 1 saturated carbocycles. The normalized spacial score (nSPS) is 20.2. The van der Waals surface area contributed by atoms with E-state index in [0.717, 1.165) is 31.2 Å². The highest BCUT2D eigenvalue weighted by atomic mass is 19.1. The number of nitrogens with zero attached hydrogens (tertiary/aromatic N) is 2. The minimum absolute atomic E-state index is 0.0179. The van der Waals surface area contributed by atoms with Crippen LogP contribution in [0.2, 0.25) is 0 Å². The maximum Gasteiger partial charge on any atom is 0.233 e. The Morgan fingerprint density at radius 3 is 2.20 bits per heavy atom. The van der Waals surface area contributed by atoms with Crippen molar-refractivity contribution in [3.05, 3.63) is 35.6 Å². The van der Waals surface area contributed by atoms with Crippen molar-refractivity contribution < 1.29 is 14.0 Å². The Labute approximate surface area is 149 Å². The van der Waals surface area contributed by atoms with Crippen LogP contribution in [0.4, 0.5) is 4.39 Å². The average molecular weight is 346 g/mol. The van der Waals surface area contributed by atoms with Crippen molar-refractivity contribution in [2.24, 2.45) is 5.92 Å². The number of piperazine rings is 1. The average Bonchev–Trinajstić information content (AvgIpc) is 3.11. The predicted octanol–water partition coefficient (Wildman–Crippen LogP) is 2.96. The molecule has 25 heavy (non-hydrogen) atoms. The van der Waals surface area contributed by atoms with E-state index in [-0.39, 0.29) is 23.5 Å². The SMILES string of the molecule is CC(C)C(=O)N1CCN(C(=O)C2(c3cccc(F)c3)CCCC2)CC1. The number of hydrogen-bond donors (Lipinski definition) is 0. The zero-order valence-corrected chi connectivity index (χ0v) is 15.1. The van der Waals surface area contributed by atoms with Gasteiger partial charge in [0.2, 0.25) is 11.8 Å². The van der Waals surface area contributed by atoms with Gasteiger partial charge in [-0.25, -0.2) is 4.39 Å². The summed E-state index contributed by atoms with van der Waals surface area (Å²) in [5.74, 6) is -0.0558. The molecule has 1 saturated heterocycles. The van der Waals surface area contributed by atoms with Crippen LogP contribution in [0.15, 0.2) is 24.3 Å². The first-order chi connectivity index (χ1) is 11.9. The number of halogens is 1. The minimum atomic E-state index is -0.591. The molecule has 2 amide bonds. The fraction of sp³-hybridized carbons (Fsp3) is 0.600. The summed E-state index contributed by atoms with van der Waals surface area (Å²) in [7, 11) is 0. The molecule has 136 valence electrons. The first-order valence-corrected chi connectivity index (χ1v) is 9.28. The quantitative estimate of drug-likeness (QED) is 0.844. The zero-order chi connectivity index (χ0) is 18.0. The third kappa shape index (κ3) is 3.42. The number of rotatable bonds is 3. The van der Waals surface area contributed by atoms with Crippen LogP contribution in [-0.4, -0.2) is 47.8 Å². The number of carbonyl (C=O) groups excluding carboxylic acids is 2. The van der Waals surface area contributed by atoms with Crippen LogP contribution in [0, 0.1) is 11.7 Å². The van der Waals surface area contributed by atoms with Gasteiger partial charge in [-0.3, -0.25) is 9.59 Å². The summed E-state index contributed by atoms with van der Waals surface area (Å²) in [5, 5.41) is 0. The summed E-state index contributed by atoms with van der Waals surface area (Å²) in [6.07, 6.45) is 3.54. The Kier molecular flexibility index (Phi) is 5.11. The van der Waals surface area contributed by atoms with Crippen molar-refractivity contribution in [2.75, 3.05) is 26.2 Å². The molecule has 0 atom stereocenters. The van der Waals surface area contributed by atoms with Crippen LogP contribution in [-0.2, 0) is 15.0 Å². The minimum Gasteiger partial charge on any atom is -0.339 e. The van der Waals surface area contributed by atoms with E-state index in [2.05, 4.69) is 0 Å². The van der Waals surface area contributed by atoms with Gasteiger partial charge >= 0.3 is 0 Å². The van der Waals surface area contributed by atoms with Crippen molar-refractivity contribution in [2.45, 2.75) is 44.9 Å². The molecule has 0 aromatic heterocycles. The lowest BCUT2D eigenvalue weighted by Crippen LogP contribution is -2.55. The van der Waals surface area contributed by atoms with Gasteiger partial charge in [0.25, 0.3) is 0 Å². The van der Waals surface area contributed by atoms with Crippen molar-refractivity contribution >= 4 is 11.8 Å². The molecule has 0 bridgehead atoms. The number of benzene rings is 1. The molecule has 2 fully saturated rings. The van der Waals surface area contributed by atoms with Crippen molar-refractivity contribution in [1.82, 2.24) is 9.80 Å². The second-order valence-electron chi connectivity index (χ2n) is 7.57. The maximum absolute atomic E-state index is 13.7. The molecule has 1 aromatic rings. The Morgan fingerprint density at radius 1 is 1.04 bits per heavy atom. The van der Waals surface area contributed by atoms with Gasteiger partial charge in [-0.05, 0) is 30.5 Å². The van der Waals surface area contributed by atoms with Crippen molar-refractivity contribution in [3.63, 3.8) is 0 Å². The fourth-order valence-electron chi connectivity index (χ4n) is 4.19. The van der Waals surface area contributed by atoms with Crippen LogP contribution >= 0.6 is 0 Å². The van der Waals surface area contributed by atoms with Gasteiger partial charge in [0, 0.05) is 32.1 Å². The van der Waals surface area contributed by atoms with E-state index in [9.17, 15) is 14.0 Å². The van der Waals surface area contributed by atoms with E-state index in [4.69, 9.17) is 0 Å². The van der Waals surface area contributed by atoms with Crippen LogP contribution in [0.3, 0.4) is 0 Å². The van der Waals surface area contributed by atoms with Crippen LogP contribution in [0.5, 0.6) is 0 Å².